The minimum Gasteiger partial charge on any atom is -0.462 e. The Labute approximate surface area is 164 Å². The first-order valence-corrected chi connectivity index (χ1v) is 10.5. The largest absolute Gasteiger partial charge is 0.462 e. The van der Waals surface area contributed by atoms with Crippen molar-refractivity contribution >= 4 is 50.6 Å². The highest BCUT2D eigenvalue weighted by atomic mass is 32.1. The second-order valence-corrected chi connectivity index (χ2v) is 8.58. The molecule has 3 aromatic rings. The van der Waals surface area contributed by atoms with Crippen LogP contribution in [-0.4, -0.2) is 28.1 Å². The van der Waals surface area contributed by atoms with Crippen molar-refractivity contribution < 1.29 is 14.3 Å². The fourth-order valence-corrected chi connectivity index (χ4v) is 5.29. The molecule has 1 amide bonds. The molecule has 1 aliphatic rings. The summed E-state index contributed by atoms with van der Waals surface area (Å²) in [7, 11) is 0. The molecule has 0 radical (unpaired) electrons. The predicted octanol–water partition coefficient (Wildman–Crippen LogP) is 4.31. The zero-order chi connectivity index (χ0) is 19.0. The van der Waals surface area contributed by atoms with E-state index in [1.54, 1.807) is 25.1 Å². The number of ether oxygens (including phenoxy) is 1. The molecule has 4 rings (SSSR count). The molecule has 8 heteroatoms. The van der Waals surface area contributed by atoms with Gasteiger partial charge in [0.1, 0.15) is 10.4 Å². The summed E-state index contributed by atoms with van der Waals surface area (Å²) in [6.07, 6.45) is 2.84. The van der Waals surface area contributed by atoms with Gasteiger partial charge in [0.15, 0.2) is 0 Å². The van der Waals surface area contributed by atoms with Crippen LogP contribution in [-0.2, 0) is 17.6 Å². The van der Waals surface area contributed by atoms with Gasteiger partial charge in [-0.15, -0.1) is 16.4 Å². The number of nitrogens with one attached hydrogen (secondary N) is 1. The van der Waals surface area contributed by atoms with Crippen LogP contribution >= 0.6 is 22.9 Å². The second-order valence-electron chi connectivity index (χ2n) is 6.69. The number of hydrogen-bond acceptors (Lipinski definition) is 7. The molecule has 27 heavy (non-hydrogen) atoms. The van der Waals surface area contributed by atoms with Crippen LogP contribution in [0.15, 0.2) is 18.2 Å². The van der Waals surface area contributed by atoms with Crippen LogP contribution in [0, 0.1) is 5.92 Å². The first kappa shape index (κ1) is 18.1. The first-order chi connectivity index (χ1) is 13.1. The summed E-state index contributed by atoms with van der Waals surface area (Å²) in [5.74, 6) is -0.0342. The molecule has 140 valence electrons. The van der Waals surface area contributed by atoms with Crippen LogP contribution in [0.1, 0.15) is 50.7 Å². The molecule has 1 atom stereocenters. The first-order valence-electron chi connectivity index (χ1n) is 8.92. The Bertz CT molecular complexity index is 1020. The molecule has 0 fully saturated rings. The molecule has 1 aliphatic carbocycles. The lowest BCUT2D eigenvalue weighted by Crippen LogP contribution is -2.17. The van der Waals surface area contributed by atoms with Crippen LogP contribution in [0.4, 0.5) is 5.69 Å². The van der Waals surface area contributed by atoms with Crippen molar-refractivity contribution in [2.24, 2.45) is 5.92 Å². The topological polar surface area (TPSA) is 81.2 Å². The van der Waals surface area contributed by atoms with Crippen molar-refractivity contribution in [3.63, 3.8) is 0 Å². The van der Waals surface area contributed by atoms with Crippen molar-refractivity contribution in [2.75, 3.05) is 11.9 Å². The van der Waals surface area contributed by atoms with E-state index >= 15 is 0 Å². The van der Waals surface area contributed by atoms with Gasteiger partial charge < -0.3 is 10.1 Å². The SMILES string of the molecule is CCOC(=O)c1sc2c(c1NC(=O)c1ccc3nnsc3c1)CC[C@H](C)C2. The fourth-order valence-electron chi connectivity index (χ4n) is 3.33. The molecule has 0 unspecified atom stereocenters. The molecule has 2 aromatic heterocycles. The van der Waals surface area contributed by atoms with Gasteiger partial charge in [0.2, 0.25) is 0 Å². The maximum atomic E-state index is 12.9. The smallest absolute Gasteiger partial charge is 0.350 e. The Morgan fingerprint density at radius 1 is 1.37 bits per heavy atom. The number of esters is 1. The number of fused-ring (bicyclic) bond motifs is 2. The number of amides is 1. The second kappa shape index (κ2) is 7.36. The lowest BCUT2D eigenvalue weighted by atomic mass is 9.89. The van der Waals surface area contributed by atoms with Crippen LogP contribution < -0.4 is 5.32 Å². The summed E-state index contributed by atoms with van der Waals surface area (Å²) in [6.45, 7) is 4.30. The molecule has 0 spiro atoms. The van der Waals surface area contributed by atoms with Gasteiger partial charge in [-0.3, -0.25) is 4.79 Å². The summed E-state index contributed by atoms with van der Waals surface area (Å²) >= 11 is 2.70. The number of carbonyl (C=O) groups is 2. The normalized spacial score (nSPS) is 16.1. The van der Waals surface area contributed by atoms with E-state index in [1.807, 2.05) is 0 Å². The Balaban J connectivity index is 1.69. The third kappa shape index (κ3) is 3.46. The number of hydrogen-bond donors (Lipinski definition) is 1. The van der Waals surface area contributed by atoms with Crippen molar-refractivity contribution in [1.82, 2.24) is 9.59 Å². The number of rotatable bonds is 4. The third-order valence-electron chi connectivity index (χ3n) is 4.72. The van der Waals surface area contributed by atoms with Gasteiger partial charge in [-0.05, 0) is 67.4 Å². The molecule has 0 saturated heterocycles. The Morgan fingerprint density at radius 2 is 2.22 bits per heavy atom. The van der Waals surface area contributed by atoms with E-state index in [9.17, 15) is 9.59 Å². The minimum absolute atomic E-state index is 0.241. The molecule has 1 N–H and O–H groups in total. The van der Waals surface area contributed by atoms with Gasteiger partial charge in [0.05, 0.1) is 17.0 Å². The Morgan fingerprint density at radius 3 is 3.04 bits per heavy atom. The number of carbonyl (C=O) groups excluding carboxylic acids is 2. The van der Waals surface area contributed by atoms with E-state index in [2.05, 4.69) is 21.8 Å². The third-order valence-corrected chi connectivity index (χ3v) is 6.64. The average Bonchev–Trinajstić information content (AvgIpc) is 3.25. The van der Waals surface area contributed by atoms with Crippen LogP contribution in [0.2, 0.25) is 0 Å². The summed E-state index contributed by atoms with van der Waals surface area (Å²) in [4.78, 5) is 27.0. The summed E-state index contributed by atoms with van der Waals surface area (Å²) in [5, 5.41) is 6.98. The van der Waals surface area contributed by atoms with Gasteiger partial charge in [-0.1, -0.05) is 11.4 Å². The molecule has 0 aliphatic heterocycles. The highest BCUT2D eigenvalue weighted by Crippen LogP contribution is 2.40. The van der Waals surface area contributed by atoms with E-state index in [0.717, 1.165) is 35.0 Å². The predicted molar refractivity (Wildman–Crippen MR) is 107 cm³/mol. The maximum absolute atomic E-state index is 12.9. The maximum Gasteiger partial charge on any atom is 0.350 e. The van der Waals surface area contributed by atoms with E-state index in [4.69, 9.17) is 4.74 Å². The summed E-state index contributed by atoms with van der Waals surface area (Å²) < 4.78 is 9.97. The minimum atomic E-state index is -0.373. The lowest BCUT2D eigenvalue weighted by Gasteiger charge is -2.19. The van der Waals surface area contributed by atoms with Crippen LogP contribution in [0.25, 0.3) is 10.2 Å². The zero-order valence-corrected chi connectivity index (χ0v) is 16.7. The van der Waals surface area contributed by atoms with Crippen molar-refractivity contribution in [3.8, 4) is 0 Å². The van der Waals surface area contributed by atoms with E-state index in [0.29, 0.717) is 28.7 Å². The average molecular weight is 402 g/mol. The van der Waals surface area contributed by atoms with Gasteiger partial charge >= 0.3 is 5.97 Å². The van der Waals surface area contributed by atoms with Crippen molar-refractivity contribution in [1.29, 1.82) is 0 Å². The molecular formula is C19H19N3O3S2. The Kier molecular flexibility index (Phi) is 4.92. The standard InChI is InChI=1S/C19H19N3O3S2/c1-3-25-19(24)17-16(12-6-4-10(2)8-14(12)26-17)20-18(23)11-5-7-13-15(9-11)27-22-21-13/h5,7,9-10H,3-4,6,8H2,1-2H3,(H,20,23)/t10-/m0/s1. The van der Waals surface area contributed by atoms with Gasteiger partial charge in [0.25, 0.3) is 5.91 Å². The molecule has 1 aromatic carbocycles. The van der Waals surface area contributed by atoms with Crippen molar-refractivity contribution in [2.45, 2.75) is 33.1 Å². The molecular weight excluding hydrogens is 382 g/mol. The molecule has 6 nitrogen and oxygen atoms in total. The van der Waals surface area contributed by atoms with Crippen LogP contribution in [0.5, 0.6) is 0 Å². The highest BCUT2D eigenvalue weighted by molar-refractivity contribution is 7.15. The number of nitrogens with zero attached hydrogens (tertiary/aromatic N) is 2. The van der Waals surface area contributed by atoms with Crippen LogP contribution in [0.3, 0.4) is 0 Å². The molecule has 0 bridgehead atoms. The van der Waals surface area contributed by atoms with Crippen molar-refractivity contribution in [3.05, 3.63) is 39.1 Å². The Hall–Kier alpha value is -2.32. The van der Waals surface area contributed by atoms with E-state index < -0.39 is 0 Å². The number of benzene rings is 1. The van der Waals surface area contributed by atoms with Gasteiger partial charge in [-0.2, -0.15) is 0 Å². The van der Waals surface area contributed by atoms with Gasteiger partial charge in [0, 0.05) is 10.4 Å². The zero-order valence-electron chi connectivity index (χ0n) is 15.1. The van der Waals surface area contributed by atoms with E-state index in [1.165, 1.54) is 27.7 Å². The number of aromatic nitrogens is 2. The summed E-state index contributed by atoms with van der Waals surface area (Å²) in [5.41, 5.74) is 2.99. The lowest BCUT2D eigenvalue weighted by molar-refractivity contribution is 0.0533. The molecule has 2 heterocycles. The fraction of sp³-hybridized carbons (Fsp3) is 0.368. The van der Waals surface area contributed by atoms with Gasteiger partial charge in [-0.25, -0.2) is 4.79 Å². The summed E-state index contributed by atoms with van der Waals surface area (Å²) in [6, 6.07) is 5.29. The highest BCUT2D eigenvalue weighted by Gasteiger charge is 2.28. The quantitative estimate of drug-likeness (QED) is 0.659. The number of anilines is 1. The monoisotopic (exact) mass is 401 g/mol. The van der Waals surface area contributed by atoms with E-state index in [-0.39, 0.29) is 11.9 Å². The molecule has 0 saturated carbocycles. The number of thiophene rings is 1.